The molecule has 4 nitrogen and oxygen atoms in total. The molecule has 1 aromatic rings. The highest BCUT2D eigenvalue weighted by molar-refractivity contribution is 5.69. The third kappa shape index (κ3) is 3.47. The first-order chi connectivity index (χ1) is 8.92. The van der Waals surface area contributed by atoms with Crippen LogP contribution in [0.25, 0.3) is 0 Å². The van der Waals surface area contributed by atoms with Crippen molar-refractivity contribution in [3.63, 3.8) is 0 Å². The van der Waals surface area contributed by atoms with Gasteiger partial charge in [-0.2, -0.15) is 0 Å². The smallest absolute Gasteiger partial charge is 0.305 e. The van der Waals surface area contributed by atoms with E-state index < -0.39 is 0 Å². The van der Waals surface area contributed by atoms with Crippen LogP contribution in [0, 0.1) is 20.8 Å². The molecule has 106 valence electrons. The summed E-state index contributed by atoms with van der Waals surface area (Å²) in [5.74, 6) is 0.677. The average Bonchev–Trinajstić information content (AvgIpc) is 2.40. The summed E-state index contributed by atoms with van der Waals surface area (Å²) in [7, 11) is 3.06. The molecule has 0 amide bonds. The summed E-state index contributed by atoms with van der Waals surface area (Å²) in [6.45, 7) is 6.06. The van der Waals surface area contributed by atoms with Gasteiger partial charge in [-0.05, 0) is 49.4 Å². The fraction of sp³-hybridized carbons (Fsp3) is 0.533. The van der Waals surface area contributed by atoms with E-state index in [1.165, 1.54) is 7.11 Å². The molecule has 1 rings (SSSR count). The van der Waals surface area contributed by atoms with Gasteiger partial charge in [-0.25, -0.2) is 0 Å². The molecule has 0 fully saturated rings. The highest BCUT2D eigenvalue weighted by atomic mass is 16.5. The van der Waals surface area contributed by atoms with Gasteiger partial charge in [0.2, 0.25) is 0 Å². The molecule has 1 aromatic carbocycles. The summed E-state index contributed by atoms with van der Waals surface area (Å²) in [6, 6.07) is 1.88. The van der Waals surface area contributed by atoms with Crippen molar-refractivity contribution in [2.75, 3.05) is 14.2 Å². The van der Waals surface area contributed by atoms with Crippen LogP contribution in [-0.4, -0.2) is 20.2 Å². The quantitative estimate of drug-likeness (QED) is 0.831. The molecular weight excluding hydrogens is 242 g/mol. The molecule has 2 N–H and O–H groups in total. The standard InChI is InChI=1S/C15H23NO3/c1-9-8-12(10(2)11(3)15(9)19-5)13(16)6-7-14(17)18-4/h8,13H,6-7,16H2,1-5H3. The van der Waals surface area contributed by atoms with Crippen LogP contribution in [0.5, 0.6) is 5.75 Å². The van der Waals surface area contributed by atoms with Crippen LogP contribution in [0.3, 0.4) is 0 Å². The van der Waals surface area contributed by atoms with E-state index in [2.05, 4.69) is 4.74 Å². The van der Waals surface area contributed by atoms with Crippen LogP contribution in [0.15, 0.2) is 6.07 Å². The predicted molar refractivity (Wildman–Crippen MR) is 75.4 cm³/mol. The van der Waals surface area contributed by atoms with Crippen LogP contribution in [0.1, 0.15) is 41.1 Å². The molecule has 0 aromatic heterocycles. The number of carbonyl (C=O) groups excluding carboxylic acids is 1. The number of rotatable bonds is 5. The van der Waals surface area contributed by atoms with Crippen molar-refractivity contribution >= 4 is 5.97 Å². The summed E-state index contributed by atoms with van der Waals surface area (Å²) in [5, 5.41) is 0. The van der Waals surface area contributed by atoms with Gasteiger partial charge in [0.25, 0.3) is 0 Å². The highest BCUT2D eigenvalue weighted by Crippen LogP contribution is 2.32. The monoisotopic (exact) mass is 265 g/mol. The minimum absolute atomic E-state index is 0.164. The SMILES string of the molecule is COC(=O)CCC(N)c1cc(C)c(OC)c(C)c1C. The molecule has 0 bridgehead atoms. The normalized spacial score (nSPS) is 12.1. The summed E-state index contributed by atoms with van der Waals surface area (Å²) < 4.78 is 10.0. The highest BCUT2D eigenvalue weighted by Gasteiger charge is 2.16. The van der Waals surface area contributed by atoms with Crippen LogP contribution in [0.4, 0.5) is 0 Å². The second-order valence-electron chi connectivity index (χ2n) is 4.79. The fourth-order valence-corrected chi connectivity index (χ4v) is 2.32. The summed E-state index contributed by atoms with van der Waals surface area (Å²) in [5.41, 5.74) is 10.5. The van der Waals surface area contributed by atoms with Gasteiger partial charge in [0.1, 0.15) is 5.75 Å². The minimum atomic E-state index is -0.227. The molecule has 1 atom stereocenters. The molecular formula is C15H23NO3. The molecule has 19 heavy (non-hydrogen) atoms. The van der Waals surface area contributed by atoms with Gasteiger partial charge in [-0.3, -0.25) is 4.79 Å². The molecule has 0 aliphatic carbocycles. The fourth-order valence-electron chi connectivity index (χ4n) is 2.32. The van der Waals surface area contributed by atoms with Crippen LogP contribution in [-0.2, 0) is 9.53 Å². The van der Waals surface area contributed by atoms with Gasteiger partial charge in [0.05, 0.1) is 14.2 Å². The van der Waals surface area contributed by atoms with Crippen LogP contribution >= 0.6 is 0 Å². The molecule has 0 saturated carbocycles. The lowest BCUT2D eigenvalue weighted by molar-refractivity contribution is -0.140. The molecule has 0 heterocycles. The number of aryl methyl sites for hydroxylation is 1. The summed E-state index contributed by atoms with van der Waals surface area (Å²) in [4.78, 5) is 11.2. The van der Waals surface area contributed by atoms with Crippen LogP contribution < -0.4 is 10.5 Å². The largest absolute Gasteiger partial charge is 0.496 e. The number of esters is 1. The van der Waals surface area contributed by atoms with Crippen molar-refractivity contribution in [2.45, 2.75) is 39.7 Å². The first-order valence-corrected chi connectivity index (χ1v) is 6.39. The van der Waals surface area contributed by atoms with Crippen molar-refractivity contribution < 1.29 is 14.3 Å². The molecule has 0 saturated heterocycles. The van der Waals surface area contributed by atoms with Gasteiger partial charge >= 0.3 is 5.97 Å². The van der Waals surface area contributed by atoms with Gasteiger partial charge in [-0.1, -0.05) is 6.07 Å². The number of nitrogens with two attached hydrogens (primary N) is 1. The lowest BCUT2D eigenvalue weighted by Crippen LogP contribution is -2.15. The van der Waals surface area contributed by atoms with E-state index in [1.54, 1.807) is 7.11 Å². The van der Waals surface area contributed by atoms with E-state index >= 15 is 0 Å². The van der Waals surface area contributed by atoms with Crippen molar-refractivity contribution in [3.05, 3.63) is 28.3 Å². The Hall–Kier alpha value is -1.55. The average molecular weight is 265 g/mol. The first-order valence-electron chi connectivity index (χ1n) is 6.39. The van der Waals surface area contributed by atoms with E-state index in [4.69, 9.17) is 10.5 Å². The van der Waals surface area contributed by atoms with E-state index in [-0.39, 0.29) is 12.0 Å². The van der Waals surface area contributed by atoms with Gasteiger partial charge in [-0.15, -0.1) is 0 Å². The van der Waals surface area contributed by atoms with E-state index in [0.717, 1.165) is 28.0 Å². The Labute approximate surface area is 114 Å². The number of hydrogen-bond donors (Lipinski definition) is 1. The maximum absolute atomic E-state index is 11.2. The van der Waals surface area contributed by atoms with Crippen molar-refractivity contribution in [1.82, 2.24) is 0 Å². The number of ether oxygens (including phenoxy) is 2. The molecule has 0 aliphatic rings. The number of benzene rings is 1. The van der Waals surface area contributed by atoms with Gasteiger partial charge < -0.3 is 15.2 Å². The van der Waals surface area contributed by atoms with E-state index in [1.807, 2.05) is 26.8 Å². The Morgan fingerprint density at radius 2 is 1.89 bits per heavy atom. The van der Waals surface area contributed by atoms with Crippen molar-refractivity contribution in [2.24, 2.45) is 5.73 Å². The Kier molecular flexibility index (Phi) is 5.36. The lowest BCUT2D eigenvalue weighted by Gasteiger charge is -2.19. The van der Waals surface area contributed by atoms with Gasteiger partial charge in [0, 0.05) is 12.5 Å². The Bertz CT molecular complexity index is 469. The van der Waals surface area contributed by atoms with E-state index in [9.17, 15) is 4.79 Å². The number of hydrogen-bond acceptors (Lipinski definition) is 4. The minimum Gasteiger partial charge on any atom is -0.496 e. The second kappa shape index (κ2) is 6.57. The third-order valence-corrected chi connectivity index (χ3v) is 3.56. The summed E-state index contributed by atoms with van der Waals surface area (Å²) in [6.07, 6.45) is 0.917. The Balaban J connectivity index is 2.98. The zero-order valence-electron chi connectivity index (χ0n) is 12.4. The Morgan fingerprint density at radius 1 is 1.26 bits per heavy atom. The number of methoxy groups -OCH3 is 2. The molecule has 1 unspecified atom stereocenters. The number of carbonyl (C=O) groups is 1. The zero-order valence-corrected chi connectivity index (χ0v) is 12.4. The maximum atomic E-state index is 11.2. The van der Waals surface area contributed by atoms with Crippen LogP contribution in [0.2, 0.25) is 0 Å². The first kappa shape index (κ1) is 15.5. The van der Waals surface area contributed by atoms with Crippen molar-refractivity contribution in [1.29, 1.82) is 0 Å². The predicted octanol–water partition coefficient (Wildman–Crippen LogP) is 2.57. The third-order valence-electron chi connectivity index (χ3n) is 3.56. The Morgan fingerprint density at radius 3 is 2.42 bits per heavy atom. The molecule has 4 heteroatoms. The van der Waals surface area contributed by atoms with Gasteiger partial charge in [0.15, 0.2) is 0 Å². The zero-order chi connectivity index (χ0) is 14.6. The van der Waals surface area contributed by atoms with E-state index in [0.29, 0.717) is 12.8 Å². The lowest BCUT2D eigenvalue weighted by atomic mass is 9.92. The second-order valence-corrected chi connectivity index (χ2v) is 4.79. The molecule has 0 spiro atoms. The molecule has 0 aliphatic heterocycles. The maximum Gasteiger partial charge on any atom is 0.305 e. The molecule has 0 radical (unpaired) electrons. The topological polar surface area (TPSA) is 61.5 Å². The summed E-state index contributed by atoms with van der Waals surface area (Å²) >= 11 is 0. The van der Waals surface area contributed by atoms with Crippen molar-refractivity contribution in [3.8, 4) is 5.75 Å².